The topological polar surface area (TPSA) is 46.3 Å². The fourth-order valence-corrected chi connectivity index (χ4v) is 0.926. The highest BCUT2D eigenvalue weighted by Crippen LogP contribution is 2.09. The minimum Gasteiger partial charge on any atom is -0.272 e. The van der Waals surface area contributed by atoms with E-state index in [-0.39, 0.29) is 24.2 Å². The van der Waals surface area contributed by atoms with Crippen molar-refractivity contribution >= 4 is 35.6 Å². The lowest BCUT2D eigenvalue weighted by atomic mass is 10.3. The number of hydrogen-bond donors (Lipinski definition) is 1. The standard InChI is InChI=1S/C8H9ClN2O.ClH/c9-6-8(12)11(10)7-4-2-1-3-5-7;/h1-5H,6,10H2;1H. The molecule has 0 aromatic heterocycles. The molecule has 0 saturated heterocycles. The van der Waals surface area contributed by atoms with Gasteiger partial charge in [0.25, 0.3) is 5.91 Å². The van der Waals surface area contributed by atoms with Crippen LogP contribution in [0.15, 0.2) is 30.3 Å². The Morgan fingerprint density at radius 1 is 1.38 bits per heavy atom. The highest BCUT2D eigenvalue weighted by atomic mass is 35.5. The number of halogens is 2. The van der Waals surface area contributed by atoms with E-state index in [0.29, 0.717) is 5.69 Å². The molecule has 1 aromatic carbocycles. The minimum atomic E-state index is -0.317. The van der Waals surface area contributed by atoms with E-state index in [2.05, 4.69) is 0 Å². The van der Waals surface area contributed by atoms with E-state index in [4.69, 9.17) is 17.4 Å². The van der Waals surface area contributed by atoms with Crippen molar-refractivity contribution in [3.8, 4) is 0 Å². The predicted octanol–water partition coefficient (Wildman–Crippen LogP) is 1.55. The van der Waals surface area contributed by atoms with Gasteiger partial charge >= 0.3 is 0 Å². The van der Waals surface area contributed by atoms with Gasteiger partial charge in [-0.2, -0.15) is 0 Å². The molecule has 0 aliphatic heterocycles. The molecule has 1 aromatic rings. The van der Waals surface area contributed by atoms with Crippen molar-refractivity contribution < 1.29 is 4.79 Å². The lowest BCUT2D eigenvalue weighted by molar-refractivity contribution is -0.116. The number of amides is 1. The summed E-state index contributed by atoms with van der Waals surface area (Å²) in [5, 5.41) is 1.03. The van der Waals surface area contributed by atoms with Crippen molar-refractivity contribution in [2.45, 2.75) is 0 Å². The maximum Gasteiger partial charge on any atom is 0.256 e. The van der Waals surface area contributed by atoms with Gasteiger partial charge in [0, 0.05) is 0 Å². The van der Waals surface area contributed by atoms with Crippen LogP contribution in [0.4, 0.5) is 5.69 Å². The van der Waals surface area contributed by atoms with Gasteiger partial charge < -0.3 is 0 Å². The molecule has 0 aliphatic rings. The average Bonchev–Trinajstić information content (AvgIpc) is 2.17. The number of carbonyl (C=O) groups excluding carboxylic acids is 1. The van der Waals surface area contributed by atoms with Gasteiger partial charge in [0.1, 0.15) is 5.88 Å². The van der Waals surface area contributed by atoms with Crippen LogP contribution in [-0.4, -0.2) is 11.8 Å². The lowest BCUT2D eigenvalue weighted by Gasteiger charge is -2.14. The number of para-hydroxylation sites is 1. The van der Waals surface area contributed by atoms with Crippen molar-refractivity contribution in [3.63, 3.8) is 0 Å². The largest absolute Gasteiger partial charge is 0.272 e. The zero-order chi connectivity index (χ0) is 8.97. The molecule has 3 nitrogen and oxygen atoms in total. The molecule has 1 amide bonds. The average molecular weight is 221 g/mol. The summed E-state index contributed by atoms with van der Waals surface area (Å²) in [5.74, 6) is 5.03. The van der Waals surface area contributed by atoms with Crippen molar-refractivity contribution in [1.82, 2.24) is 0 Å². The second-order valence-electron chi connectivity index (χ2n) is 2.23. The molecule has 1 rings (SSSR count). The number of benzene rings is 1. The smallest absolute Gasteiger partial charge is 0.256 e. The van der Waals surface area contributed by atoms with Gasteiger partial charge in [-0.25, -0.2) is 10.9 Å². The van der Waals surface area contributed by atoms with Crippen molar-refractivity contribution in [1.29, 1.82) is 0 Å². The Labute approximate surface area is 87.8 Å². The van der Waals surface area contributed by atoms with Gasteiger partial charge in [0.15, 0.2) is 0 Å². The van der Waals surface area contributed by atoms with Crippen LogP contribution in [0.25, 0.3) is 0 Å². The van der Waals surface area contributed by atoms with Gasteiger partial charge in [-0.15, -0.1) is 24.0 Å². The lowest BCUT2D eigenvalue weighted by Crippen LogP contribution is -2.38. The number of nitrogens with two attached hydrogens (primary N) is 1. The van der Waals surface area contributed by atoms with Gasteiger partial charge in [-0.1, -0.05) is 18.2 Å². The predicted molar refractivity (Wildman–Crippen MR) is 56.1 cm³/mol. The molecule has 72 valence electrons. The second-order valence-corrected chi connectivity index (χ2v) is 2.50. The monoisotopic (exact) mass is 220 g/mol. The summed E-state index contributed by atoms with van der Waals surface area (Å²) in [5.41, 5.74) is 0.642. The molecule has 2 N–H and O–H groups in total. The number of hydrazine groups is 1. The first kappa shape index (κ1) is 12.2. The molecule has 0 unspecified atom stereocenters. The minimum absolute atomic E-state index is 0. The molecule has 0 radical (unpaired) electrons. The molecule has 0 aliphatic carbocycles. The maximum atomic E-state index is 11.0. The van der Waals surface area contributed by atoms with Crippen LogP contribution >= 0.6 is 24.0 Å². The van der Waals surface area contributed by atoms with E-state index in [1.165, 1.54) is 0 Å². The summed E-state index contributed by atoms with van der Waals surface area (Å²) < 4.78 is 0. The van der Waals surface area contributed by atoms with Crippen LogP contribution in [0.5, 0.6) is 0 Å². The van der Waals surface area contributed by atoms with Gasteiger partial charge in [-0.3, -0.25) is 4.79 Å². The molecular weight excluding hydrogens is 211 g/mol. The Bertz CT molecular complexity index is 266. The molecular formula is C8H10Cl2N2O. The summed E-state index contributed by atoms with van der Waals surface area (Å²) >= 11 is 5.33. The van der Waals surface area contributed by atoms with Crippen molar-refractivity contribution in [3.05, 3.63) is 30.3 Å². The van der Waals surface area contributed by atoms with Crippen molar-refractivity contribution in [2.75, 3.05) is 10.9 Å². The summed E-state index contributed by atoms with van der Waals surface area (Å²) in [4.78, 5) is 11.0. The van der Waals surface area contributed by atoms with Gasteiger partial charge in [-0.05, 0) is 12.1 Å². The highest BCUT2D eigenvalue weighted by molar-refractivity contribution is 6.29. The van der Waals surface area contributed by atoms with Crippen LogP contribution in [-0.2, 0) is 4.79 Å². The zero-order valence-electron chi connectivity index (χ0n) is 6.81. The second kappa shape index (κ2) is 5.80. The summed E-state index contributed by atoms with van der Waals surface area (Å²) in [6.45, 7) is 0. The summed E-state index contributed by atoms with van der Waals surface area (Å²) in [6, 6.07) is 8.94. The van der Waals surface area contributed by atoms with E-state index < -0.39 is 0 Å². The first-order chi connectivity index (χ1) is 5.75. The quantitative estimate of drug-likeness (QED) is 0.356. The van der Waals surface area contributed by atoms with Crippen LogP contribution in [0.2, 0.25) is 0 Å². The number of carbonyl (C=O) groups is 1. The van der Waals surface area contributed by atoms with Crippen LogP contribution in [0.3, 0.4) is 0 Å². The Morgan fingerprint density at radius 2 is 1.92 bits per heavy atom. The third-order valence-corrected chi connectivity index (χ3v) is 1.65. The number of rotatable bonds is 2. The fourth-order valence-electron chi connectivity index (χ4n) is 0.797. The van der Waals surface area contributed by atoms with E-state index in [9.17, 15) is 4.79 Å². The number of hydrogen-bond acceptors (Lipinski definition) is 2. The highest BCUT2D eigenvalue weighted by Gasteiger charge is 2.08. The van der Waals surface area contributed by atoms with Gasteiger partial charge in [0.05, 0.1) is 5.69 Å². The Hall–Kier alpha value is -0.770. The molecule has 0 atom stereocenters. The Balaban J connectivity index is 0.00000144. The van der Waals surface area contributed by atoms with E-state index in [0.717, 1.165) is 5.01 Å². The van der Waals surface area contributed by atoms with E-state index in [1.807, 2.05) is 6.07 Å². The number of alkyl halides is 1. The van der Waals surface area contributed by atoms with Gasteiger partial charge in [0.2, 0.25) is 0 Å². The Morgan fingerprint density at radius 3 is 2.38 bits per heavy atom. The fraction of sp³-hybridized carbons (Fsp3) is 0.125. The molecule has 13 heavy (non-hydrogen) atoms. The molecule has 0 saturated carbocycles. The normalized spacial score (nSPS) is 8.77. The van der Waals surface area contributed by atoms with Crippen molar-refractivity contribution in [2.24, 2.45) is 5.84 Å². The van der Waals surface area contributed by atoms with Crippen LogP contribution in [0, 0.1) is 0 Å². The number of anilines is 1. The van der Waals surface area contributed by atoms with Crippen LogP contribution < -0.4 is 10.9 Å². The molecule has 0 spiro atoms. The zero-order valence-corrected chi connectivity index (χ0v) is 8.39. The summed E-state index contributed by atoms with van der Waals surface area (Å²) in [6.07, 6.45) is 0. The third kappa shape index (κ3) is 3.22. The Kier molecular flexibility index (Phi) is 5.46. The maximum absolute atomic E-state index is 11.0. The molecule has 5 heteroatoms. The third-order valence-electron chi connectivity index (χ3n) is 1.42. The summed E-state index contributed by atoms with van der Waals surface area (Å²) in [7, 11) is 0. The first-order valence-electron chi connectivity index (χ1n) is 3.44. The SMILES string of the molecule is Cl.NN(C(=O)CCl)c1ccccc1. The number of nitrogens with zero attached hydrogens (tertiary/aromatic N) is 1. The van der Waals surface area contributed by atoms with E-state index in [1.54, 1.807) is 24.3 Å². The molecule has 0 heterocycles. The first-order valence-corrected chi connectivity index (χ1v) is 3.98. The van der Waals surface area contributed by atoms with Crippen LogP contribution in [0.1, 0.15) is 0 Å². The van der Waals surface area contributed by atoms with E-state index >= 15 is 0 Å². The molecule has 0 bridgehead atoms. The molecule has 0 fully saturated rings.